The fourth-order valence-corrected chi connectivity index (χ4v) is 3.17. The van der Waals surface area contributed by atoms with Crippen LogP contribution in [0.4, 0.5) is 0 Å². The molecule has 1 saturated carbocycles. The number of hydrogen-bond acceptors (Lipinski definition) is 4. The highest BCUT2D eigenvalue weighted by molar-refractivity contribution is 5.91. The molecule has 2 amide bonds. The number of piperidine rings is 1. The molecule has 1 aliphatic carbocycles. The Hall–Kier alpha value is -1.82. The Kier molecular flexibility index (Phi) is 5.00. The SMILES string of the molecule is COCCN(C(=O)C1CCN(C(=O)c2ccco2)CC1)C1CC1. The lowest BCUT2D eigenvalue weighted by Gasteiger charge is -2.34. The van der Waals surface area contributed by atoms with Crippen LogP contribution in [0.5, 0.6) is 0 Å². The van der Waals surface area contributed by atoms with Crippen LogP contribution in [-0.2, 0) is 9.53 Å². The second-order valence-electron chi connectivity index (χ2n) is 6.30. The molecule has 23 heavy (non-hydrogen) atoms. The molecule has 6 nitrogen and oxygen atoms in total. The summed E-state index contributed by atoms with van der Waals surface area (Å²) < 4.78 is 10.3. The zero-order valence-corrected chi connectivity index (χ0v) is 13.6. The molecule has 0 radical (unpaired) electrons. The van der Waals surface area contributed by atoms with Gasteiger partial charge in [0.2, 0.25) is 5.91 Å². The van der Waals surface area contributed by atoms with Crippen molar-refractivity contribution < 1.29 is 18.7 Å². The first kappa shape index (κ1) is 16.1. The fourth-order valence-electron chi connectivity index (χ4n) is 3.17. The summed E-state index contributed by atoms with van der Waals surface area (Å²) in [7, 11) is 1.66. The Morgan fingerprint density at radius 1 is 1.30 bits per heavy atom. The predicted octanol–water partition coefficient (Wildman–Crippen LogP) is 1.77. The summed E-state index contributed by atoms with van der Waals surface area (Å²) in [6.45, 7) is 2.47. The van der Waals surface area contributed by atoms with Gasteiger partial charge in [-0.1, -0.05) is 0 Å². The van der Waals surface area contributed by atoms with Crippen molar-refractivity contribution >= 4 is 11.8 Å². The van der Waals surface area contributed by atoms with Gasteiger partial charge in [-0.15, -0.1) is 0 Å². The molecule has 0 bridgehead atoms. The second kappa shape index (κ2) is 7.17. The van der Waals surface area contributed by atoms with E-state index in [1.54, 1.807) is 24.1 Å². The van der Waals surface area contributed by atoms with E-state index < -0.39 is 0 Å². The Morgan fingerprint density at radius 2 is 2.04 bits per heavy atom. The highest BCUT2D eigenvalue weighted by atomic mass is 16.5. The molecule has 6 heteroatoms. The lowest BCUT2D eigenvalue weighted by molar-refractivity contribution is -0.138. The molecule has 2 aliphatic rings. The number of ether oxygens (including phenoxy) is 1. The van der Waals surface area contributed by atoms with E-state index in [9.17, 15) is 9.59 Å². The summed E-state index contributed by atoms with van der Waals surface area (Å²) in [5.41, 5.74) is 0. The monoisotopic (exact) mass is 320 g/mol. The van der Waals surface area contributed by atoms with Crippen molar-refractivity contribution in [1.82, 2.24) is 9.80 Å². The number of carbonyl (C=O) groups excluding carboxylic acids is 2. The number of rotatable bonds is 6. The van der Waals surface area contributed by atoms with Crippen LogP contribution in [0.15, 0.2) is 22.8 Å². The van der Waals surface area contributed by atoms with E-state index in [1.165, 1.54) is 6.26 Å². The summed E-state index contributed by atoms with van der Waals surface area (Å²) in [6, 6.07) is 3.80. The van der Waals surface area contributed by atoms with Gasteiger partial charge in [0.05, 0.1) is 12.9 Å². The maximum atomic E-state index is 12.7. The van der Waals surface area contributed by atoms with Gasteiger partial charge in [0.25, 0.3) is 5.91 Å². The summed E-state index contributed by atoms with van der Waals surface area (Å²) in [5, 5.41) is 0. The van der Waals surface area contributed by atoms with E-state index in [0.717, 1.165) is 25.7 Å². The first-order valence-electron chi connectivity index (χ1n) is 8.33. The molecule has 1 saturated heterocycles. The Bertz CT molecular complexity index is 531. The third-order valence-electron chi connectivity index (χ3n) is 4.67. The highest BCUT2D eigenvalue weighted by Crippen LogP contribution is 2.30. The van der Waals surface area contributed by atoms with Crippen LogP contribution in [0.25, 0.3) is 0 Å². The highest BCUT2D eigenvalue weighted by Gasteiger charge is 2.37. The smallest absolute Gasteiger partial charge is 0.289 e. The molecule has 1 aromatic heterocycles. The Balaban J connectivity index is 1.53. The van der Waals surface area contributed by atoms with Crippen LogP contribution in [-0.4, -0.2) is 61.0 Å². The number of furan rings is 1. The number of hydrogen-bond donors (Lipinski definition) is 0. The van der Waals surface area contributed by atoms with Crippen molar-refractivity contribution in [3.8, 4) is 0 Å². The number of nitrogens with zero attached hydrogens (tertiary/aromatic N) is 2. The van der Waals surface area contributed by atoms with Gasteiger partial charge in [-0.25, -0.2) is 0 Å². The lowest BCUT2D eigenvalue weighted by Crippen LogP contribution is -2.45. The molecule has 3 rings (SSSR count). The van der Waals surface area contributed by atoms with Gasteiger partial charge in [-0.2, -0.15) is 0 Å². The van der Waals surface area contributed by atoms with E-state index >= 15 is 0 Å². The summed E-state index contributed by atoms with van der Waals surface area (Å²) in [4.78, 5) is 28.8. The van der Waals surface area contributed by atoms with Gasteiger partial charge in [0, 0.05) is 38.7 Å². The minimum atomic E-state index is -0.0840. The zero-order valence-electron chi connectivity index (χ0n) is 13.6. The van der Waals surface area contributed by atoms with E-state index in [4.69, 9.17) is 9.15 Å². The van der Waals surface area contributed by atoms with Crippen LogP contribution in [0, 0.1) is 5.92 Å². The molecule has 0 spiro atoms. The van der Waals surface area contributed by atoms with E-state index in [-0.39, 0.29) is 17.7 Å². The largest absolute Gasteiger partial charge is 0.459 e. The van der Waals surface area contributed by atoms with Crippen LogP contribution >= 0.6 is 0 Å². The van der Waals surface area contributed by atoms with Crippen molar-refractivity contribution in [1.29, 1.82) is 0 Å². The third-order valence-corrected chi connectivity index (χ3v) is 4.67. The maximum absolute atomic E-state index is 12.7. The van der Waals surface area contributed by atoms with E-state index in [0.29, 0.717) is 38.0 Å². The van der Waals surface area contributed by atoms with Gasteiger partial charge in [-0.3, -0.25) is 9.59 Å². The molecule has 126 valence electrons. The Morgan fingerprint density at radius 3 is 2.61 bits per heavy atom. The minimum Gasteiger partial charge on any atom is -0.459 e. The summed E-state index contributed by atoms with van der Waals surface area (Å²) in [6.07, 6.45) is 5.16. The van der Waals surface area contributed by atoms with Gasteiger partial charge in [0.15, 0.2) is 5.76 Å². The molecule has 0 N–H and O–H groups in total. The first-order valence-corrected chi connectivity index (χ1v) is 8.33. The molecule has 0 aromatic carbocycles. The van der Waals surface area contributed by atoms with E-state index in [2.05, 4.69) is 0 Å². The van der Waals surface area contributed by atoms with Crippen molar-refractivity contribution in [2.45, 2.75) is 31.7 Å². The molecule has 1 aliphatic heterocycles. The van der Waals surface area contributed by atoms with Crippen molar-refractivity contribution in [3.05, 3.63) is 24.2 Å². The van der Waals surface area contributed by atoms with Crippen LogP contribution in [0.2, 0.25) is 0 Å². The fraction of sp³-hybridized carbons (Fsp3) is 0.647. The predicted molar refractivity (Wildman–Crippen MR) is 83.9 cm³/mol. The number of amides is 2. The molecule has 2 heterocycles. The molecular formula is C17H24N2O4. The van der Waals surface area contributed by atoms with Crippen molar-refractivity contribution in [2.75, 3.05) is 33.4 Å². The van der Waals surface area contributed by atoms with Gasteiger partial charge >= 0.3 is 0 Å². The van der Waals surface area contributed by atoms with E-state index in [1.807, 2.05) is 4.90 Å². The van der Waals surface area contributed by atoms with Crippen LogP contribution in [0.1, 0.15) is 36.2 Å². The molecular weight excluding hydrogens is 296 g/mol. The minimum absolute atomic E-state index is 0.0214. The normalized spacial score (nSPS) is 18.9. The lowest BCUT2D eigenvalue weighted by atomic mass is 9.95. The van der Waals surface area contributed by atoms with Gasteiger partial charge in [0.1, 0.15) is 0 Å². The quantitative estimate of drug-likeness (QED) is 0.801. The van der Waals surface area contributed by atoms with Crippen molar-refractivity contribution in [2.24, 2.45) is 5.92 Å². The number of carbonyl (C=O) groups is 2. The Labute approximate surface area is 136 Å². The molecule has 0 unspecified atom stereocenters. The topological polar surface area (TPSA) is 63.0 Å². The molecule has 1 aromatic rings. The average Bonchev–Trinajstić information content (AvgIpc) is 3.27. The second-order valence-corrected chi connectivity index (χ2v) is 6.30. The zero-order chi connectivity index (χ0) is 16.2. The van der Waals surface area contributed by atoms with Crippen LogP contribution in [0.3, 0.4) is 0 Å². The van der Waals surface area contributed by atoms with Crippen molar-refractivity contribution in [3.63, 3.8) is 0 Å². The number of likely N-dealkylation sites (tertiary alicyclic amines) is 1. The third kappa shape index (κ3) is 3.75. The number of methoxy groups -OCH3 is 1. The van der Waals surface area contributed by atoms with Crippen LogP contribution < -0.4 is 0 Å². The first-order chi connectivity index (χ1) is 11.2. The molecule has 0 atom stereocenters. The average molecular weight is 320 g/mol. The summed E-state index contributed by atoms with van der Waals surface area (Å²) in [5.74, 6) is 0.538. The maximum Gasteiger partial charge on any atom is 0.289 e. The molecule has 2 fully saturated rings. The van der Waals surface area contributed by atoms with Gasteiger partial charge in [-0.05, 0) is 37.8 Å². The summed E-state index contributed by atoms with van der Waals surface area (Å²) >= 11 is 0. The van der Waals surface area contributed by atoms with Gasteiger partial charge < -0.3 is 19.0 Å². The standard InChI is InChI=1S/C17H24N2O4/c1-22-12-10-19(14-4-5-14)16(20)13-6-8-18(9-7-13)17(21)15-3-2-11-23-15/h2-3,11,13-14H,4-10,12H2,1H3.